The molecular formula is C8H13NP2. The highest BCUT2D eigenvalue weighted by atomic mass is 31.0. The highest BCUT2D eigenvalue weighted by molar-refractivity contribution is 7.36. The minimum absolute atomic E-state index is 1.24. The predicted octanol–water partition coefficient (Wildman–Crippen LogP) is 0.753. The molecule has 0 saturated carbocycles. The largest absolute Gasteiger partial charge is 0.377 e. The van der Waals surface area contributed by atoms with Crippen molar-refractivity contribution in [3.63, 3.8) is 0 Å². The third kappa shape index (κ3) is 1.92. The van der Waals surface area contributed by atoms with E-state index in [9.17, 15) is 0 Å². The predicted molar refractivity (Wildman–Crippen MR) is 59.5 cm³/mol. The van der Waals surface area contributed by atoms with E-state index < -0.39 is 0 Å². The van der Waals surface area contributed by atoms with Gasteiger partial charge < -0.3 is 4.90 Å². The van der Waals surface area contributed by atoms with Crippen LogP contribution >= 0.6 is 18.5 Å². The SMILES string of the molecule is CN(C)c1cccc(P)c1P. The standard InChI is InChI=1S/C8H13NP2/c1-9(2)6-4-3-5-7(10)8(6)11/h3-5H,10-11H2,1-2H3. The fourth-order valence-corrected chi connectivity index (χ4v) is 1.67. The Morgan fingerprint density at radius 2 is 1.82 bits per heavy atom. The van der Waals surface area contributed by atoms with E-state index >= 15 is 0 Å². The van der Waals surface area contributed by atoms with E-state index in [-0.39, 0.29) is 0 Å². The number of rotatable bonds is 1. The molecule has 0 aliphatic rings. The molecular weight excluding hydrogens is 172 g/mol. The van der Waals surface area contributed by atoms with E-state index in [1.807, 2.05) is 14.1 Å². The lowest BCUT2D eigenvalue weighted by Crippen LogP contribution is -2.21. The van der Waals surface area contributed by atoms with Gasteiger partial charge in [-0.25, -0.2) is 0 Å². The number of hydrogen-bond donors (Lipinski definition) is 0. The number of anilines is 1. The van der Waals surface area contributed by atoms with Crippen molar-refractivity contribution in [2.75, 3.05) is 19.0 Å². The van der Waals surface area contributed by atoms with Gasteiger partial charge in [0.05, 0.1) is 0 Å². The normalized spacial score (nSPS) is 9.82. The van der Waals surface area contributed by atoms with Crippen LogP contribution < -0.4 is 15.5 Å². The molecule has 1 rings (SSSR count). The summed E-state index contributed by atoms with van der Waals surface area (Å²) in [6.07, 6.45) is 0. The number of nitrogens with zero attached hydrogens (tertiary/aromatic N) is 1. The summed E-state index contributed by atoms with van der Waals surface area (Å²) in [5.41, 5.74) is 1.25. The smallest absolute Gasteiger partial charge is 0.0440 e. The summed E-state index contributed by atoms with van der Waals surface area (Å²) in [7, 11) is 9.57. The highest BCUT2D eigenvalue weighted by Gasteiger charge is 2.00. The van der Waals surface area contributed by atoms with E-state index in [1.165, 1.54) is 16.3 Å². The van der Waals surface area contributed by atoms with Crippen LogP contribution in [-0.4, -0.2) is 14.1 Å². The molecule has 0 aromatic heterocycles. The Balaban J connectivity index is 3.17. The molecule has 60 valence electrons. The topological polar surface area (TPSA) is 3.24 Å². The summed E-state index contributed by atoms with van der Waals surface area (Å²) >= 11 is 0. The lowest BCUT2D eigenvalue weighted by Gasteiger charge is -2.16. The quantitative estimate of drug-likeness (QED) is 0.584. The van der Waals surface area contributed by atoms with Crippen molar-refractivity contribution in [3.8, 4) is 0 Å². The van der Waals surface area contributed by atoms with Crippen LogP contribution in [0.1, 0.15) is 0 Å². The van der Waals surface area contributed by atoms with Gasteiger partial charge in [0.15, 0.2) is 0 Å². The summed E-state index contributed by atoms with van der Waals surface area (Å²) in [4.78, 5) is 2.11. The Morgan fingerprint density at radius 1 is 1.18 bits per heavy atom. The summed E-state index contributed by atoms with van der Waals surface area (Å²) in [5, 5.41) is 2.49. The molecule has 0 fully saturated rings. The van der Waals surface area contributed by atoms with Crippen LogP contribution in [0.25, 0.3) is 0 Å². The molecule has 3 heteroatoms. The van der Waals surface area contributed by atoms with Crippen LogP contribution in [0.3, 0.4) is 0 Å². The fourth-order valence-electron chi connectivity index (χ4n) is 0.960. The van der Waals surface area contributed by atoms with Crippen molar-refractivity contribution in [2.24, 2.45) is 0 Å². The van der Waals surface area contributed by atoms with Gasteiger partial charge in [0.2, 0.25) is 0 Å². The molecule has 0 N–H and O–H groups in total. The zero-order valence-corrected chi connectivity index (χ0v) is 9.14. The molecule has 2 unspecified atom stereocenters. The van der Waals surface area contributed by atoms with Gasteiger partial charge in [-0.3, -0.25) is 0 Å². The molecule has 1 nitrogen and oxygen atoms in total. The summed E-state index contributed by atoms with van der Waals surface area (Å²) in [5.74, 6) is 0. The second-order valence-corrected chi connectivity index (χ2v) is 3.87. The molecule has 0 heterocycles. The average Bonchev–Trinajstić information content (AvgIpc) is 1.94. The van der Waals surface area contributed by atoms with E-state index in [2.05, 4.69) is 41.6 Å². The van der Waals surface area contributed by atoms with Gasteiger partial charge in [-0.1, -0.05) is 12.1 Å². The molecule has 2 atom stereocenters. The third-order valence-electron chi connectivity index (χ3n) is 1.60. The summed E-state index contributed by atoms with van der Waals surface area (Å²) in [6, 6.07) is 6.25. The van der Waals surface area contributed by atoms with Gasteiger partial charge in [0.25, 0.3) is 0 Å². The van der Waals surface area contributed by atoms with Crippen LogP contribution in [0.15, 0.2) is 18.2 Å². The van der Waals surface area contributed by atoms with Crippen LogP contribution in [0.5, 0.6) is 0 Å². The molecule has 0 amide bonds. The maximum atomic E-state index is 2.75. The van der Waals surface area contributed by atoms with Crippen LogP contribution in [-0.2, 0) is 0 Å². The number of hydrogen-bond acceptors (Lipinski definition) is 1. The average molecular weight is 185 g/mol. The fraction of sp³-hybridized carbons (Fsp3) is 0.250. The molecule has 0 aliphatic carbocycles. The van der Waals surface area contributed by atoms with Crippen LogP contribution in [0.4, 0.5) is 5.69 Å². The first-order chi connectivity index (χ1) is 5.13. The third-order valence-corrected chi connectivity index (χ3v) is 3.06. The van der Waals surface area contributed by atoms with E-state index in [0.717, 1.165) is 0 Å². The summed E-state index contributed by atoms with van der Waals surface area (Å²) < 4.78 is 0. The molecule has 0 saturated heterocycles. The molecule has 11 heavy (non-hydrogen) atoms. The Morgan fingerprint density at radius 3 is 2.27 bits per heavy atom. The molecule has 0 aliphatic heterocycles. The second kappa shape index (κ2) is 3.52. The minimum atomic E-state index is 1.24. The Hall–Kier alpha value is -0.120. The zero-order valence-electron chi connectivity index (χ0n) is 6.83. The van der Waals surface area contributed by atoms with Gasteiger partial charge in [-0.15, -0.1) is 18.5 Å². The van der Waals surface area contributed by atoms with Gasteiger partial charge >= 0.3 is 0 Å². The van der Waals surface area contributed by atoms with Crippen molar-refractivity contribution in [1.29, 1.82) is 0 Å². The maximum absolute atomic E-state index is 2.75. The lowest BCUT2D eigenvalue weighted by atomic mass is 10.3. The molecule has 1 aromatic rings. The first-order valence-electron chi connectivity index (χ1n) is 3.44. The Kier molecular flexibility index (Phi) is 2.87. The van der Waals surface area contributed by atoms with E-state index in [4.69, 9.17) is 0 Å². The maximum Gasteiger partial charge on any atom is 0.0440 e. The van der Waals surface area contributed by atoms with Gasteiger partial charge in [0, 0.05) is 25.1 Å². The van der Waals surface area contributed by atoms with Gasteiger partial charge in [-0.2, -0.15) is 0 Å². The highest BCUT2D eigenvalue weighted by Crippen LogP contribution is 2.09. The van der Waals surface area contributed by atoms with E-state index in [0.29, 0.717) is 0 Å². The van der Waals surface area contributed by atoms with Crippen molar-refractivity contribution in [3.05, 3.63) is 18.2 Å². The number of benzene rings is 1. The van der Waals surface area contributed by atoms with E-state index in [1.54, 1.807) is 0 Å². The molecule has 1 aromatic carbocycles. The Bertz CT molecular complexity index is 258. The summed E-state index contributed by atoms with van der Waals surface area (Å²) in [6.45, 7) is 0. The molecule has 0 radical (unpaired) electrons. The molecule has 0 bridgehead atoms. The van der Waals surface area contributed by atoms with Crippen LogP contribution in [0.2, 0.25) is 0 Å². The van der Waals surface area contributed by atoms with Gasteiger partial charge in [-0.05, 0) is 11.4 Å². The van der Waals surface area contributed by atoms with Crippen molar-refractivity contribution in [1.82, 2.24) is 0 Å². The molecule has 0 spiro atoms. The first-order valence-corrected chi connectivity index (χ1v) is 4.59. The lowest BCUT2D eigenvalue weighted by molar-refractivity contribution is 1.14. The minimum Gasteiger partial charge on any atom is -0.377 e. The van der Waals surface area contributed by atoms with Crippen molar-refractivity contribution >= 4 is 34.8 Å². The first kappa shape index (κ1) is 8.97. The monoisotopic (exact) mass is 185 g/mol. The zero-order chi connectivity index (χ0) is 8.43. The second-order valence-electron chi connectivity index (χ2n) is 2.67. The van der Waals surface area contributed by atoms with Crippen molar-refractivity contribution < 1.29 is 0 Å². The van der Waals surface area contributed by atoms with Crippen molar-refractivity contribution in [2.45, 2.75) is 0 Å². The van der Waals surface area contributed by atoms with Gasteiger partial charge in [0.1, 0.15) is 0 Å². The Labute approximate surface area is 72.6 Å². The van der Waals surface area contributed by atoms with Crippen LogP contribution in [0, 0.1) is 0 Å².